The van der Waals surface area contributed by atoms with E-state index in [0.29, 0.717) is 43.4 Å². The maximum absolute atomic E-state index is 12.0. The number of urea groups is 1. The lowest BCUT2D eigenvalue weighted by molar-refractivity contribution is 0.0918. The van der Waals surface area contributed by atoms with Crippen molar-refractivity contribution in [1.29, 1.82) is 0 Å². The SMILES string of the molecule is COc1ccc(CCNC(=O)NCC2COc3ccccc3O2)cc1OC. The molecule has 0 spiro atoms. The van der Waals surface area contributed by atoms with Crippen LogP contribution in [0.1, 0.15) is 5.56 Å². The summed E-state index contributed by atoms with van der Waals surface area (Å²) < 4.78 is 21.9. The van der Waals surface area contributed by atoms with Gasteiger partial charge in [0.2, 0.25) is 0 Å². The molecule has 1 unspecified atom stereocenters. The maximum Gasteiger partial charge on any atom is 0.314 e. The number of carbonyl (C=O) groups is 1. The molecule has 1 aliphatic rings. The normalized spacial score (nSPS) is 15.0. The van der Waals surface area contributed by atoms with E-state index in [1.54, 1.807) is 14.2 Å². The van der Waals surface area contributed by atoms with E-state index in [9.17, 15) is 4.79 Å². The smallest absolute Gasteiger partial charge is 0.314 e. The highest BCUT2D eigenvalue weighted by Gasteiger charge is 2.20. The zero-order chi connectivity index (χ0) is 19.1. The lowest BCUT2D eigenvalue weighted by Gasteiger charge is -2.26. The summed E-state index contributed by atoms with van der Waals surface area (Å²) in [5.74, 6) is 2.79. The summed E-state index contributed by atoms with van der Waals surface area (Å²) in [5, 5.41) is 5.65. The van der Waals surface area contributed by atoms with E-state index in [2.05, 4.69) is 10.6 Å². The Labute approximate surface area is 158 Å². The maximum atomic E-state index is 12.0. The van der Waals surface area contributed by atoms with Gasteiger partial charge < -0.3 is 29.6 Å². The number of para-hydroxylation sites is 2. The van der Waals surface area contributed by atoms with Crippen molar-refractivity contribution in [3.63, 3.8) is 0 Å². The average Bonchev–Trinajstić information content (AvgIpc) is 2.72. The molecule has 7 heteroatoms. The van der Waals surface area contributed by atoms with Crippen LogP contribution in [-0.4, -0.2) is 46.1 Å². The largest absolute Gasteiger partial charge is 0.493 e. The van der Waals surface area contributed by atoms with Crippen LogP contribution in [0.25, 0.3) is 0 Å². The third-order valence-corrected chi connectivity index (χ3v) is 4.20. The average molecular weight is 372 g/mol. The molecule has 0 aromatic heterocycles. The van der Waals surface area contributed by atoms with Gasteiger partial charge in [0.15, 0.2) is 29.1 Å². The fourth-order valence-corrected chi connectivity index (χ4v) is 2.79. The van der Waals surface area contributed by atoms with Crippen molar-refractivity contribution >= 4 is 6.03 Å². The van der Waals surface area contributed by atoms with E-state index < -0.39 is 0 Å². The molecule has 27 heavy (non-hydrogen) atoms. The zero-order valence-electron chi connectivity index (χ0n) is 15.5. The van der Waals surface area contributed by atoms with Gasteiger partial charge in [0, 0.05) is 6.54 Å². The van der Waals surface area contributed by atoms with Gasteiger partial charge in [0.1, 0.15) is 6.61 Å². The second-order valence-electron chi connectivity index (χ2n) is 6.07. The molecule has 2 amide bonds. The van der Waals surface area contributed by atoms with E-state index >= 15 is 0 Å². The van der Waals surface area contributed by atoms with Gasteiger partial charge >= 0.3 is 6.03 Å². The third kappa shape index (κ3) is 4.97. The molecule has 2 aromatic carbocycles. The van der Waals surface area contributed by atoms with Crippen LogP contribution in [-0.2, 0) is 6.42 Å². The summed E-state index contributed by atoms with van der Waals surface area (Å²) in [6.07, 6.45) is 0.473. The van der Waals surface area contributed by atoms with E-state index in [4.69, 9.17) is 18.9 Å². The zero-order valence-corrected chi connectivity index (χ0v) is 15.5. The molecule has 2 N–H and O–H groups in total. The van der Waals surface area contributed by atoms with Gasteiger partial charge in [0.25, 0.3) is 0 Å². The molecule has 1 atom stereocenters. The topological polar surface area (TPSA) is 78.1 Å². The summed E-state index contributed by atoms with van der Waals surface area (Å²) in [6, 6.07) is 13.0. The number of carbonyl (C=O) groups excluding carboxylic acids is 1. The van der Waals surface area contributed by atoms with Crippen molar-refractivity contribution in [2.45, 2.75) is 12.5 Å². The van der Waals surface area contributed by atoms with Crippen molar-refractivity contribution in [2.75, 3.05) is 33.9 Å². The second-order valence-corrected chi connectivity index (χ2v) is 6.07. The van der Waals surface area contributed by atoms with Crippen LogP contribution in [0, 0.1) is 0 Å². The predicted octanol–water partition coefficient (Wildman–Crippen LogP) is 2.39. The van der Waals surface area contributed by atoms with Gasteiger partial charge in [-0.15, -0.1) is 0 Å². The molecular weight excluding hydrogens is 348 g/mol. The van der Waals surface area contributed by atoms with Gasteiger partial charge in [-0.3, -0.25) is 0 Å². The Morgan fingerprint density at radius 1 is 1.07 bits per heavy atom. The van der Waals surface area contributed by atoms with Crippen molar-refractivity contribution < 1.29 is 23.7 Å². The first kappa shape index (κ1) is 18.7. The molecule has 0 saturated heterocycles. The summed E-state index contributed by atoms with van der Waals surface area (Å²) in [6.45, 7) is 1.28. The minimum atomic E-state index is -0.238. The monoisotopic (exact) mass is 372 g/mol. The Kier molecular flexibility index (Phi) is 6.25. The molecule has 3 rings (SSSR count). The number of hydrogen-bond donors (Lipinski definition) is 2. The summed E-state index contributed by atoms with van der Waals surface area (Å²) in [7, 11) is 3.20. The molecule has 1 heterocycles. The quantitative estimate of drug-likeness (QED) is 0.780. The van der Waals surface area contributed by atoms with Gasteiger partial charge in [-0.2, -0.15) is 0 Å². The molecule has 2 aromatic rings. The molecule has 1 aliphatic heterocycles. The second kappa shape index (κ2) is 9.02. The molecule has 144 valence electrons. The molecular formula is C20H24N2O5. The number of benzene rings is 2. The number of ether oxygens (including phenoxy) is 4. The molecule has 0 radical (unpaired) electrons. The molecule has 0 saturated carbocycles. The van der Waals surface area contributed by atoms with Gasteiger partial charge in [-0.1, -0.05) is 18.2 Å². The van der Waals surface area contributed by atoms with E-state index in [1.807, 2.05) is 42.5 Å². The van der Waals surface area contributed by atoms with Gasteiger partial charge in [0.05, 0.1) is 20.8 Å². The number of fused-ring (bicyclic) bond motifs is 1. The Hall–Kier alpha value is -3.09. The Bertz CT molecular complexity index is 781. The van der Waals surface area contributed by atoms with Crippen LogP contribution in [0.15, 0.2) is 42.5 Å². The fraction of sp³-hybridized carbons (Fsp3) is 0.350. The molecule has 7 nitrogen and oxygen atoms in total. The standard InChI is InChI=1S/C20H24N2O5/c1-24-16-8-7-14(11-19(16)25-2)9-10-21-20(23)22-12-15-13-26-17-5-3-4-6-18(17)27-15/h3-8,11,15H,9-10,12-13H2,1-2H3,(H2,21,22,23). The highest BCUT2D eigenvalue weighted by molar-refractivity contribution is 5.73. The van der Waals surface area contributed by atoms with Crippen molar-refractivity contribution in [2.24, 2.45) is 0 Å². The third-order valence-electron chi connectivity index (χ3n) is 4.20. The molecule has 0 fully saturated rings. The van der Waals surface area contributed by atoms with Crippen molar-refractivity contribution in [3.8, 4) is 23.0 Å². The number of hydrogen-bond acceptors (Lipinski definition) is 5. The number of rotatable bonds is 7. The first-order valence-corrected chi connectivity index (χ1v) is 8.80. The summed E-state index contributed by atoms with van der Waals surface area (Å²) in [4.78, 5) is 12.0. The van der Waals surface area contributed by atoms with Gasteiger partial charge in [-0.25, -0.2) is 4.79 Å². The number of methoxy groups -OCH3 is 2. The fourth-order valence-electron chi connectivity index (χ4n) is 2.79. The molecule has 0 aliphatic carbocycles. The van der Waals surface area contributed by atoms with E-state index in [-0.39, 0.29) is 12.1 Å². The Morgan fingerprint density at radius 2 is 1.85 bits per heavy atom. The highest BCUT2D eigenvalue weighted by atomic mass is 16.6. The predicted molar refractivity (Wildman–Crippen MR) is 101 cm³/mol. The lowest BCUT2D eigenvalue weighted by Crippen LogP contribution is -2.44. The van der Waals surface area contributed by atoms with Crippen LogP contribution in [0.4, 0.5) is 4.79 Å². The minimum Gasteiger partial charge on any atom is -0.493 e. The Morgan fingerprint density at radius 3 is 2.63 bits per heavy atom. The van der Waals surface area contributed by atoms with Crippen LogP contribution < -0.4 is 29.6 Å². The summed E-state index contributed by atoms with van der Waals surface area (Å²) in [5.41, 5.74) is 1.05. The van der Waals surface area contributed by atoms with Gasteiger partial charge in [-0.05, 0) is 36.2 Å². The summed E-state index contributed by atoms with van der Waals surface area (Å²) >= 11 is 0. The number of nitrogens with one attached hydrogen (secondary N) is 2. The van der Waals surface area contributed by atoms with Crippen LogP contribution in [0.3, 0.4) is 0 Å². The number of amides is 2. The Balaban J connectivity index is 1.39. The van der Waals surface area contributed by atoms with Crippen LogP contribution in [0.5, 0.6) is 23.0 Å². The van der Waals surface area contributed by atoms with Crippen molar-refractivity contribution in [3.05, 3.63) is 48.0 Å². The first-order valence-electron chi connectivity index (χ1n) is 8.80. The first-order chi connectivity index (χ1) is 13.2. The van der Waals surface area contributed by atoms with E-state index in [0.717, 1.165) is 11.3 Å². The van der Waals surface area contributed by atoms with Crippen LogP contribution in [0.2, 0.25) is 0 Å². The lowest BCUT2D eigenvalue weighted by atomic mass is 10.1. The minimum absolute atomic E-state index is 0.212. The van der Waals surface area contributed by atoms with E-state index in [1.165, 1.54) is 0 Å². The van der Waals surface area contributed by atoms with Crippen LogP contribution >= 0.6 is 0 Å². The molecule has 0 bridgehead atoms. The highest BCUT2D eigenvalue weighted by Crippen LogP contribution is 2.30. The van der Waals surface area contributed by atoms with Crippen molar-refractivity contribution in [1.82, 2.24) is 10.6 Å².